The van der Waals surface area contributed by atoms with Crippen LogP contribution < -0.4 is 5.73 Å². The van der Waals surface area contributed by atoms with E-state index in [1.807, 2.05) is 10.9 Å². The number of nitrogens with two attached hydrogens (primary N) is 1. The van der Waals surface area contributed by atoms with Gasteiger partial charge in [0.2, 0.25) is 0 Å². The van der Waals surface area contributed by atoms with Crippen LogP contribution >= 0.6 is 11.3 Å². The average molecular weight is 304 g/mol. The third-order valence-electron chi connectivity index (χ3n) is 4.12. The van der Waals surface area contributed by atoms with Gasteiger partial charge in [0.15, 0.2) is 0 Å². The van der Waals surface area contributed by atoms with E-state index in [1.165, 1.54) is 24.0 Å². The predicted molar refractivity (Wildman–Crippen MR) is 87.3 cm³/mol. The van der Waals surface area contributed by atoms with Crippen molar-refractivity contribution in [1.29, 1.82) is 0 Å². The molecule has 21 heavy (non-hydrogen) atoms. The first-order valence-corrected chi connectivity index (χ1v) is 8.64. The Morgan fingerprint density at radius 3 is 2.81 bits per heavy atom. The Balaban J connectivity index is 1.80. The van der Waals surface area contributed by atoms with Gasteiger partial charge < -0.3 is 5.73 Å². The summed E-state index contributed by atoms with van der Waals surface area (Å²) >= 11 is 1.76. The largest absolute Gasteiger partial charge is 0.329 e. The van der Waals surface area contributed by atoms with Crippen molar-refractivity contribution in [3.8, 4) is 0 Å². The maximum atomic E-state index is 6.11. The van der Waals surface area contributed by atoms with E-state index in [-0.39, 0.29) is 6.04 Å². The van der Waals surface area contributed by atoms with E-state index in [2.05, 4.69) is 46.9 Å². The van der Waals surface area contributed by atoms with Crippen LogP contribution in [0.15, 0.2) is 29.2 Å². The molecule has 1 unspecified atom stereocenters. The Kier molecular flexibility index (Phi) is 4.42. The highest BCUT2D eigenvalue weighted by Gasteiger charge is 2.34. The molecule has 2 N–H and O–H groups in total. The summed E-state index contributed by atoms with van der Waals surface area (Å²) in [6, 6.07) is 3.56. The van der Waals surface area contributed by atoms with Crippen LogP contribution in [0.1, 0.15) is 49.9 Å². The third kappa shape index (κ3) is 3.36. The average Bonchev–Trinajstić information content (AvgIpc) is 2.98. The smallest absolute Gasteiger partial charge is 0.0538 e. The molecule has 0 amide bonds. The van der Waals surface area contributed by atoms with Crippen molar-refractivity contribution in [3.63, 3.8) is 0 Å². The normalized spacial score (nSPS) is 16.8. The summed E-state index contributed by atoms with van der Waals surface area (Å²) in [7, 11) is 0. The fraction of sp³-hybridized carbons (Fsp3) is 0.562. The summed E-state index contributed by atoms with van der Waals surface area (Å²) in [5, 5.41) is 8.86. The Hall–Kier alpha value is -1.17. The molecule has 2 aromatic heterocycles. The minimum Gasteiger partial charge on any atom is -0.329 e. The standard InChI is InChI=1S/C16H24N4S/c1-12(2)20-10-14(8-18-20)16(7-17)19(15-3-4-15)9-13-5-6-21-11-13/h5-6,8,10-12,15-16H,3-4,7,9,17H2,1-2H3. The molecule has 2 heterocycles. The Morgan fingerprint density at radius 2 is 2.29 bits per heavy atom. The lowest BCUT2D eigenvalue weighted by Crippen LogP contribution is -2.34. The Labute approximate surface area is 130 Å². The molecule has 3 rings (SSSR count). The van der Waals surface area contributed by atoms with Crippen LogP contribution in [0.4, 0.5) is 0 Å². The summed E-state index contributed by atoms with van der Waals surface area (Å²) in [5.74, 6) is 0. The zero-order valence-electron chi connectivity index (χ0n) is 12.8. The first-order valence-electron chi connectivity index (χ1n) is 7.70. The number of hydrogen-bond acceptors (Lipinski definition) is 4. The van der Waals surface area contributed by atoms with Gasteiger partial charge in [-0.2, -0.15) is 16.4 Å². The van der Waals surface area contributed by atoms with Crippen LogP contribution in [0.2, 0.25) is 0 Å². The van der Waals surface area contributed by atoms with Gasteiger partial charge in [0, 0.05) is 36.9 Å². The Bertz CT molecular complexity index is 557. The second kappa shape index (κ2) is 6.30. The number of thiophene rings is 1. The van der Waals surface area contributed by atoms with Crippen molar-refractivity contribution in [3.05, 3.63) is 40.3 Å². The van der Waals surface area contributed by atoms with Crippen molar-refractivity contribution in [2.45, 2.75) is 51.4 Å². The van der Waals surface area contributed by atoms with Gasteiger partial charge in [-0.15, -0.1) is 0 Å². The molecule has 1 aliphatic carbocycles. The van der Waals surface area contributed by atoms with E-state index in [1.54, 1.807) is 11.3 Å². The number of rotatable bonds is 7. The highest BCUT2D eigenvalue weighted by Crippen LogP contribution is 2.35. The summed E-state index contributed by atoms with van der Waals surface area (Å²) < 4.78 is 2.02. The number of nitrogens with zero attached hydrogens (tertiary/aromatic N) is 3. The van der Waals surface area contributed by atoms with Crippen molar-refractivity contribution in [1.82, 2.24) is 14.7 Å². The first kappa shape index (κ1) is 14.8. The molecule has 4 nitrogen and oxygen atoms in total. The van der Waals surface area contributed by atoms with Crippen molar-refractivity contribution in [2.24, 2.45) is 5.73 Å². The van der Waals surface area contributed by atoms with E-state index in [4.69, 9.17) is 5.73 Å². The molecule has 0 saturated heterocycles. The van der Waals surface area contributed by atoms with Crippen LogP contribution in [0, 0.1) is 0 Å². The molecule has 114 valence electrons. The lowest BCUT2D eigenvalue weighted by atomic mass is 10.1. The SMILES string of the molecule is CC(C)n1cc(C(CN)N(Cc2ccsc2)C2CC2)cn1. The zero-order chi connectivity index (χ0) is 14.8. The highest BCUT2D eigenvalue weighted by atomic mass is 32.1. The molecule has 0 bridgehead atoms. The van der Waals surface area contributed by atoms with E-state index in [0.29, 0.717) is 18.6 Å². The highest BCUT2D eigenvalue weighted by molar-refractivity contribution is 7.07. The summed E-state index contributed by atoms with van der Waals surface area (Å²) in [5.41, 5.74) is 8.74. The summed E-state index contributed by atoms with van der Waals surface area (Å²) in [6.07, 6.45) is 6.73. The van der Waals surface area contributed by atoms with Crippen LogP contribution in [0.3, 0.4) is 0 Å². The van der Waals surface area contributed by atoms with Crippen LogP contribution in [0.25, 0.3) is 0 Å². The summed E-state index contributed by atoms with van der Waals surface area (Å²) in [6.45, 7) is 5.93. The molecule has 1 atom stereocenters. The number of hydrogen-bond donors (Lipinski definition) is 1. The lowest BCUT2D eigenvalue weighted by Gasteiger charge is -2.30. The van der Waals surface area contributed by atoms with Crippen LogP contribution in [-0.4, -0.2) is 27.3 Å². The second-order valence-electron chi connectivity index (χ2n) is 6.13. The van der Waals surface area contributed by atoms with Gasteiger partial charge in [-0.05, 0) is 49.1 Å². The van der Waals surface area contributed by atoms with Gasteiger partial charge in [-0.3, -0.25) is 9.58 Å². The van der Waals surface area contributed by atoms with Gasteiger partial charge in [0.05, 0.1) is 12.2 Å². The number of aromatic nitrogens is 2. The zero-order valence-corrected chi connectivity index (χ0v) is 13.6. The topological polar surface area (TPSA) is 47.1 Å². The fourth-order valence-electron chi connectivity index (χ4n) is 2.76. The molecular formula is C16H24N4S. The maximum Gasteiger partial charge on any atom is 0.0538 e. The predicted octanol–water partition coefficient (Wildman–Crippen LogP) is 3.19. The molecule has 0 spiro atoms. The molecular weight excluding hydrogens is 280 g/mol. The second-order valence-corrected chi connectivity index (χ2v) is 6.91. The maximum absolute atomic E-state index is 6.11. The minimum absolute atomic E-state index is 0.268. The molecule has 2 aromatic rings. The van der Waals surface area contributed by atoms with Gasteiger partial charge in [-0.1, -0.05) is 0 Å². The Morgan fingerprint density at radius 1 is 1.48 bits per heavy atom. The van der Waals surface area contributed by atoms with E-state index >= 15 is 0 Å². The first-order chi connectivity index (χ1) is 10.2. The quantitative estimate of drug-likeness (QED) is 0.854. The van der Waals surface area contributed by atoms with Gasteiger partial charge in [-0.25, -0.2) is 0 Å². The minimum atomic E-state index is 0.268. The van der Waals surface area contributed by atoms with Gasteiger partial charge in [0.1, 0.15) is 0 Å². The monoisotopic (exact) mass is 304 g/mol. The van der Waals surface area contributed by atoms with Gasteiger partial charge in [0.25, 0.3) is 0 Å². The summed E-state index contributed by atoms with van der Waals surface area (Å²) in [4.78, 5) is 2.56. The molecule has 0 aliphatic heterocycles. The van der Waals surface area contributed by atoms with E-state index < -0.39 is 0 Å². The molecule has 0 radical (unpaired) electrons. The van der Waals surface area contributed by atoms with Gasteiger partial charge >= 0.3 is 0 Å². The molecule has 5 heteroatoms. The van der Waals surface area contributed by atoms with Crippen molar-refractivity contribution >= 4 is 11.3 Å². The lowest BCUT2D eigenvalue weighted by molar-refractivity contribution is 0.182. The van der Waals surface area contributed by atoms with Crippen molar-refractivity contribution < 1.29 is 0 Å². The van der Waals surface area contributed by atoms with E-state index in [0.717, 1.165) is 6.54 Å². The third-order valence-corrected chi connectivity index (χ3v) is 4.85. The molecule has 0 aromatic carbocycles. The van der Waals surface area contributed by atoms with E-state index in [9.17, 15) is 0 Å². The van der Waals surface area contributed by atoms with Crippen LogP contribution in [-0.2, 0) is 6.54 Å². The molecule has 1 saturated carbocycles. The van der Waals surface area contributed by atoms with Crippen molar-refractivity contribution in [2.75, 3.05) is 6.54 Å². The van der Waals surface area contributed by atoms with Crippen LogP contribution in [0.5, 0.6) is 0 Å². The molecule has 1 fully saturated rings. The fourth-order valence-corrected chi connectivity index (χ4v) is 3.42. The molecule has 1 aliphatic rings.